The van der Waals surface area contributed by atoms with Gasteiger partial charge in [0.25, 0.3) is 0 Å². The number of benzene rings is 9. The van der Waals surface area contributed by atoms with Crippen molar-refractivity contribution in [2.75, 3.05) is 0 Å². The van der Waals surface area contributed by atoms with E-state index in [1.54, 1.807) is 0 Å². The second-order valence-corrected chi connectivity index (χ2v) is 15.4. The predicted octanol–water partition coefficient (Wildman–Crippen LogP) is 12.8. The van der Waals surface area contributed by atoms with Crippen molar-refractivity contribution in [1.82, 2.24) is 4.57 Å². The minimum atomic E-state index is -0.535. The number of nitrogens with zero attached hydrogens (tertiary/aromatic N) is 3. The number of aliphatic imine (C=N–C) groups is 2. The van der Waals surface area contributed by atoms with Crippen molar-refractivity contribution in [3.05, 3.63) is 257 Å². The summed E-state index contributed by atoms with van der Waals surface area (Å²) in [5, 5.41) is 4.92. The molecule has 11 rings (SSSR count). The number of rotatable bonds is 8. The Kier molecular flexibility index (Phi) is 8.56. The van der Waals surface area contributed by atoms with Gasteiger partial charge in [-0.1, -0.05) is 188 Å². The van der Waals surface area contributed by atoms with Gasteiger partial charge in [-0.3, -0.25) is 4.99 Å². The van der Waals surface area contributed by atoms with E-state index in [4.69, 9.17) is 15.7 Å². The molecule has 4 nitrogen and oxygen atoms in total. The Morgan fingerprint density at radius 3 is 1.77 bits per heavy atom. The van der Waals surface area contributed by atoms with Gasteiger partial charge in [0.15, 0.2) is 6.17 Å². The van der Waals surface area contributed by atoms with E-state index >= 15 is 0 Å². The molecule has 0 saturated heterocycles. The Bertz CT molecular complexity index is 3200. The Morgan fingerprint density at radius 1 is 0.533 bits per heavy atom. The highest BCUT2D eigenvalue weighted by Crippen LogP contribution is 2.61. The first-order valence-electron chi connectivity index (χ1n) is 20.5. The highest BCUT2D eigenvalue weighted by Gasteiger charge is 2.48. The third-order valence-electron chi connectivity index (χ3n) is 12.2. The second kappa shape index (κ2) is 14.5. The summed E-state index contributed by atoms with van der Waals surface area (Å²) >= 11 is 0. The minimum absolute atomic E-state index is 0.431. The molecule has 0 fully saturated rings. The molecule has 1 unspecified atom stereocenters. The number of fused-ring (bicyclic) bond motifs is 10. The molecule has 0 radical (unpaired) electrons. The first-order valence-corrected chi connectivity index (χ1v) is 20.5. The van der Waals surface area contributed by atoms with Gasteiger partial charge in [0.2, 0.25) is 0 Å². The molecular weight excluding hydrogens is 729 g/mol. The van der Waals surface area contributed by atoms with Crippen LogP contribution in [0.5, 0.6) is 0 Å². The lowest BCUT2D eigenvalue weighted by atomic mass is 9.66. The first-order chi connectivity index (χ1) is 29.7. The molecular formula is C56H40N4. The maximum atomic E-state index is 6.82. The number of hydrogen-bond acceptors (Lipinski definition) is 2. The Labute approximate surface area is 349 Å². The molecule has 0 amide bonds. The van der Waals surface area contributed by atoms with Crippen LogP contribution in [-0.4, -0.2) is 16.6 Å². The van der Waals surface area contributed by atoms with Gasteiger partial charge in [-0.25, -0.2) is 4.99 Å². The van der Waals surface area contributed by atoms with E-state index in [9.17, 15) is 0 Å². The Morgan fingerprint density at radius 2 is 1.08 bits per heavy atom. The fourth-order valence-electron chi connectivity index (χ4n) is 9.65. The maximum Gasteiger partial charge on any atom is 0.167 e. The molecule has 1 heterocycles. The molecule has 1 aliphatic carbocycles. The van der Waals surface area contributed by atoms with Crippen LogP contribution in [0.15, 0.2) is 228 Å². The Balaban J connectivity index is 1.13. The van der Waals surface area contributed by atoms with Crippen LogP contribution in [0.25, 0.3) is 49.4 Å². The Hall–Kier alpha value is -7.82. The minimum Gasteiger partial charge on any atom is -0.383 e. The summed E-state index contributed by atoms with van der Waals surface area (Å²) in [7, 11) is 0. The van der Waals surface area contributed by atoms with Crippen molar-refractivity contribution in [2.45, 2.75) is 11.6 Å². The lowest BCUT2D eigenvalue weighted by Crippen LogP contribution is -2.28. The summed E-state index contributed by atoms with van der Waals surface area (Å²) in [6, 6.07) is 77.7. The molecule has 284 valence electrons. The second-order valence-electron chi connectivity index (χ2n) is 15.4. The van der Waals surface area contributed by atoms with Gasteiger partial charge >= 0.3 is 0 Å². The number of para-hydroxylation sites is 1. The molecule has 0 bridgehead atoms. The summed E-state index contributed by atoms with van der Waals surface area (Å²) in [5.41, 5.74) is 20.2. The van der Waals surface area contributed by atoms with E-state index < -0.39 is 11.6 Å². The number of aromatic nitrogens is 1. The smallest absolute Gasteiger partial charge is 0.167 e. The first kappa shape index (κ1) is 35.4. The molecule has 2 N–H and O–H groups in total. The predicted molar refractivity (Wildman–Crippen MR) is 250 cm³/mol. The van der Waals surface area contributed by atoms with Crippen LogP contribution in [0, 0.1) is 0 Å². The standard InChI is InChI=1S/C56H40N4/c57-54(59-55(40-21-7-2-8-22-40)58-37-38-19-5-1-6-20-38)39-33-35-43(36-34-39)60-49-32-18-16-30-47(49)51-50-46-29-15-17-31-48(46)56(41-23-9-3-10-24-41,42-25-11-4-12-26-42)52(50)44-27-13-14-28-45(44)53(51)60/h1-37,55H,(H2,57,59). The monoisotopic (exact) mass is 768 g/mol. The van der Waals surface area contributed by atoms with E-state index in [1.807, 2.05) is 66.9 Å². The lowest BCUT2D eigenvalue weighted by molar-refractivity contribution is 0.776. The highest BCUT2D eigenvalue weighted by atomic mass is 15.0. The fraction of sp³-hybridized carbons (Fsp3) is 0.0357. The van der Waals surface area contributed by atoms with E-state index in [0.29, 0.717) is 5.84 Å². The van der Waals surface area contributed by atoms with Gasteiger partial charge in [0.1, 0.15) is 5.84 Å². The van der Waals surface area contributed by atoms with Crippen LogP contribution in [0.3, 0.4) is 0 Å². The van der Waals surface area contributed by atoms with E-state index in [-0.39, 0.29) is 0 Å². The molecule has 0 spiro atoms. The van der Waals surface area contributed by atoms with Gasteiger partial charge in [0, 0.05) is 33.6 Å². The normalized spacial score (nSPS) is 13.8. The van der Waals surface area contributed by atoms with Crippen molar-refractivity contribution in [2.24, 2.45) is 15.7 Å². The van der Waals surface area contributed by atoms with Crippen LogP contribution in [0.2, 0.25) is 0 Å². The lowest BCUT2D eigenvalue weighted by Gasteiger charge is -2.34. The third-order valence-corrected chi connectivity index (χ3v) is 12.2. The summed E-state index contributed by atoms with van der Waals surface area (Å²) in [6.07, 6.45) is 1.38. The average molecular weight is 769 g/mol. The number of hydrogen-bond donors (Lipinski definition) is 1. The summed E-state index contributed by atoms with van der Waals surface area (Å²) in [6.45, 7) is 0. The van der Waals surface area contributed by atoms with Gasteiger partial charge in [-0.15, -0.1) is 0 Å². The van der Waals surface area contributed by atoms with Gasteiger partial charge in [-0.2, -0.15) is 0 Å². The van der Waals surface area contributed by atoms with Crippen molar-refractivity contribution < 1.29 is 0 Å². The van der Waals surface area contributed by atoms with Crippen molar-refractivity contribution in [3.63, 3.8) is 0 Å². The van der Waals surface area contributed by atoms with Crippen LogP contribution in [0.4, 0.5) is 0 Å². The molecule has 4 heteroatoms. The zero-order valence-electron chi connectivity index (χ0n) is 32.9. The molecule has 60 heavy (non-hydrogen) atoms. The summed E-state index contributed by atoms with van der Waals surface area (Å²) < 4.78 is 2.44. The molecule has 0 aliphatic heterocycles. The van der Waals surface area contributed by atoms with Crippen molar-refractivity contribution in [1.29, 1.82) is 0 Å². The SMILES string of the molecule is NC(=NC(N=Cc1ccccc1)c1ccccc1)c1ccc(-n2c3ccccc3c3c4c(c5ccccc5c32)C(c2ccccc2)(c2ccccc2)c2ccccc2-4)cc1. The average Bonchev–Trinajstić information content (AvgIpc) is 3.83. The zero-order chi connectivity index (χ0) is 40.0. The molecule has 10 aromatic rings. The van der Waals surface area contributed by atoms with Crippen LogP contribution in [0.1, 0.15) is 45.1 Å². The third kappa shape index (κ3) is 5.53. The zero-order valence-corrected chi connectivity index (χ0v) is 32.9. The number of nitrogens with two attached hydrogens (primary N) is 1. The van der Waals surface area contributed by atoms with Crippen molar-refractivity contribution >= 4 is 44.6 Å². The largest absolute Gasteiger partial charge is 0.383 e. The van der Waals surface area contributed by atoms with Crippen LogP contribution < -0.4 is 5.73 Å². The highest BCUT2D eigenvalue weighted by molar-refractivity contribution is 6.27. The van der Waals surface area contributed by atoms with Gasteiger partial charge in [-0.05, 0) is 80.2 Å². The topological polar surface area (TPSA) is 55.7 Å². The van der Waals surface area contributed by atoms with E-state index in [0.717, 1.165) is 27.9 Å². The molecule has 0 saturated carbocycles. The molecule has 1 aromatic heterocycles. The van der Waals surface area contributed by atoms with Crippen LogP contribution in [-0.2, 0) is 5.41 Å². The molecule has 9 aromatic carbocycles. The van der Waals surface area contributed by atoms with E-state index in [2.05, 4.69) is 162 Å². The number of amidine groups is 1. The molecule has 1 atom stereocenters. The van der Waals surface area contributed by atoms with Crippen LogP contribution >= 0.6 is 0 Å². The fourth-order valence-corrected chi connectivity index (χ4v) is 9.65. The quantitative estimate of drug-likeness (QED) is 0.121. The maximum absolute atomic E-state index is 6.82. The summed E-state index contributed by atoms with van der Waals surface area (Å²) in [5.74, 6) is 0.431. The van der Waals surface area contributed by atoms with Gasteiger partial charge in [0.05, 0.1) is 16.4 Å². The summed E-state index contributed by atoms with van der Waals surface area (Å²) in [4.78, 5) is 9.86. The van der Waals surface area contributed by atoms with Gasteiger partial charge < -0.3 is 10.3 Å². The molecule has 1 aliphatic rings. The van der Waals surface area contributed by atoms with Crippen molar-refractivity contribution in [3.8, 4) is 16.8 Å². The van der Waals surface area contributed by atoms with E-state index in [1.165, 1.54) is 60.4 Å².